The van der Waals surface area contributed by atoms with Crippen molar-refractivity contribution >= 4 is 16.9 Å². The molecule has 3 rings (SSSR count). The highest BCUT2D eigenvalue weighted by Crippen LogP contribution is 2.22. The third-order valence-corrected chi connectivity index (χ3v) is 2.97. The molecule has 0 fully saturated rings. The molecule has 0 spiro atoms. The highest BCUT2D eigenvalue weighted by molar-refractivity contribution is 5.85. The summed E-state index contributed by atoms with van der Waals surface area (Å²) in [6.45, 7) is 0.507. The van der Waals surface area contributed by atoms with Gasteiger partial charge < -0.3 is 11.5 Å². The molecule has 0 saturated heterocycles. The Balaban J connectivity index is 2.17. The zero-order chi connectivity index (χ0) is 13.2. The first-order valence-corrected chi connectivity index (χ1v) is 5.94. The van der Waals surface area contributed by atoms with E-state index < -0.39 is 0 Å². The third kappa shape index (κ3) is 2.11. The minimum atomic E-state index is 0.391. The lowest BCUT2D eigenvalue weighted by Gasteiger charge is -2.05. The fraction of sp³-hybridized carbons (Fsp3) is 0.0714. The van der Waals surface area contributed by atoms with E-state index in [-0.39, 0.29) is 0 Å². The van der Waals surface area contributed by atoms with E-state index in [2.05, 4.69) is 15.0 Å². The monoisotopic (exact) mass is 251 g/mol. The van der Waals surface area contributed by atoms with E-state index in [9.17, 15) is 0 Å². The quantitative estimate of drug-likeness (QED) is 0.723. The number of aromatic nitrogens is 3. The fourth-order valence-corrected chi connectivity index (χ4v) is 1.98. The smallest absolute Gasteiger partial charge is 0.153 e. The van der Waals surface area contributed by atoms with Crippen molar-refractivity contribution in [3.8, 4) is 11.3 Å². The van der Waals surface area contributed by atoms with Crippen LogP contribution >= 0.6 is 0 Å². The second-order valence-electron chi connectivity index (χ2n) is 4.23. The van der Waals surface area contributed by atoms with Gasteiger partial charge in [0.05, 0.1) is 11.2 Å². The number of hydrogen-bond acceptors (Lipinski definition) is 5. The lowest BCUT2D eigenvalue weighted by atomic mass is 10.1. The maximum Gasteiger partial charge on any atom is 0.153 e. The van der Waals surface area contributed by atoms with Gasteiger partial charge in [-0.1, -0.05) is 18.2 Å². The zero-order valence-corrected chi connectivity index (χ0v) is 10.2. The molecule has 94 valence electrons. The number of pyridine rings is 1. The average molecular weight is 251 g/mol. The van der Waals surface area contributed by atoms with E-state index in [0.29, 0.717) is 17.9 Å². The molecule has 19 heavy (non-hydrogen) atoms. The van der Waals surface area contributed by atoms with Crippen LogP contribution < -0.4 is 11.5 Å². The number of hydrogen-bond donors (Lipinski definition) is 2. The maximum atomic E-state index is 5.83. The Hall–Kier alpha value is -2.53. The molecule has 0 radical (unpaired) electrons. The molecule has 0 aliphatic heterocycles. The van der Waals surface area contributed by atoms with Crippen LogP contribution in [-0.4, -0.2) is 15.0 Å². The number of rotatable bonds is 2. The molecule has 0 aliphatic carbocycles. The molecule has 5 heteroatoms. The van der Waals surface area contributed by atoms with Crippen molar-refractivity contribution in [2.45, 2.75) is 6.54 Å². The van der Waals surface area contributed by atoms with Crippen molar-refractivity contribution in [3.63, 3.8) is 0 Å². The largest absolute Gasteiger partial charge is 0.382 e. The second-order valence-corrected chi connectivity index (χ2v) is 4.23. The predicted molar refractivity (Wildman–Crippen MR) is 75.1 cm³/mol. The topological polar surface area (TPSA) is 90.7 Å². The number of anilines is 1. The second kappa shape index (κ2) is 4.62. The first-order valence-electron chi connectivity index (χ1n) is 5.94. The number of benzene rings is 1. The molecule has 1 aromatic carbocycles. The predicted octanol–water partition coefficient (Wildman–Crippen LogP) is 1.73. The summed E-state index contributed by atoms with van der Waals surface area (Å²) >= 11 is 0. The summed E-state index contributed by atoms with van der Waals surface area (Å²) in [5.41, 5.74) is 15.8. The third-order valence-electron chi connectivity index (χ3n) is 2.97. The SMILES string of the molecule is NCc1cccc(-c2ccc3ncnc(N)c3n2)c1. The normalized spacial score (nSPS) is 10.8. The van der Waals surface area contributed by atoms with Crippen LogP contribution in [0.15, 0.2) is 42.7 Å². The minimum absolute atomic E-state index is 0.391. The Bertz CT molecular complexity index is 739. The molecule has 0 aliphatic rings. The van der Waals surface area contributed by atoms with Crippen LogP contribution in [0.5, 0.6) is 0 Å². The number of nitrogens with two attached hydrogens (primary N) is 2. The van der Waals surface area contributed by atoms with Crippen LogP contribution in [0, 0.1) is 0 Å². The van der Waals surface area contributed by atoms with Gasteiger partial charge in [-0.05, 0) is 23.8 Å². The summed E-state index contributed by atoms with van der Waals surface area (Å²) < 4.78 is 0. The molecule has 0 saturated carbocycles. The van der Waals surface area contributed by atoms with E-state index in [1.54, 1.807) is 0 Å². The molecular formula is C14H13N5. The summed E-state index contributed by atoms with van der Waals surface area (Å²) in [7, 11) is 0. The van der Waals surface area contributed by atoms with Crippen LogP contribution in [0.3, 0.4) is 0 Å². The van der Waals surface area contributed by atoms with Gasteiger partial charge in [0.1, 0.15) is 11.8 Å². The maximum absolute atomic E-state index is 5.83. The van der Waals surface area contributed by atoms with Gasteiger partial charge in [0.2, 0.25) is 0 Å². The van der Waals surface area contributed by atoms with Gasteiger partial charge in [0.15, 0.2) is 5.82 Å². The average Bonchev–Trinajstić information content (AvgIpc) is 2.47. The van der Waals surface area contributed by atoms with Crippen molar-refractivity contribution < 1.29 is 0 Å². The Morgan fingerprint density at radius 1 is 1.05 bits per heavy atom. The highest BCUT2D eigenvalue weighted by atomic mass is 14.9. The Kier molecular flexibility index (Phi) is 2.81. The van der Waals surface area contributed by atoms with Crippen molar-refractivity contribution in [1.82, 2.24) is 15.0 Å². The Morgan fingerprint density at radius 2 is 1.95 bits per heavy atom. The fourth-order valence-electron chi connectivity index (χ4n) is 1.98. The molecular weight excluding hydrogens is 238 g/mol. The number of fused-ring (bicyclic) bond motifs is 1. The first kappa shape index (κ1) is 11.6. The molecule has 0 unspecified atom stereocenters. The van der Waals surface area contributed by atoms with Gasteiger partial charge in [0.25, 0.3) is 0 Å². The van der Waals surface area contributed by atoms with Gasteiger partial charge in [-0.15, -0.1) is 0 Å². The number of nitrogens with zero attached hydrogens (tertiary/aromatic N) is 3. The molecule has 0 atom stereocenters. The summed E-state index contributed by atoms with van der Waals surface area (Å²) in [4.78, 5) is 12.6. The minimum Gasteiger partial charge on any atom is -0.382 e. The standard InChI is InChI=1S/C14H13N5/c15-7-9-2-1-3-10(6-9)11-4-5-12-13(19-11)14(16)18-8-17-12/h1-6,8H,7,15H2,(H2,16,17,18). The highest BCUT2D eigenvalue weighted by Gasteiger charge is 2.05. The van der Waals surface area contributed by atoms with Crippen LogP contribution in [0.1, 0.15) is 5.56 Å². The van der Waals surface area contributed by atoms with Crippen LogP contribution in [0.4, 0.5) is 5.82 Å². The molecule has 3 aromatic rings. The van der Waals surface area contributed by atoms with Crippen molar-refractivity contribution in [2.75, 3.05) is 5.73 Å². The molecule has 0 bridgehead atoms. The molecule has 0 amide bonds. The van der Waals surface area contributed by atoms with Crippen LogP contribution in [0.25, 0.3) is 22.3 Å². The van der Waals surface area contributed by atoms with E-state index in [4.69, 9.17) is 11.5 Å². The lowest BCUT2D eigenvalue weighted by Crippen LogP contribution is -1.98. The molecule has 4 N–H and O–H groups in total. The molecule has 2 heterocycles. The van der Waals surface area contributed by atoms with Gasteiger partial charge in [-0.25, -0.2) is 15.0 Å². The van der Waals surface area contributed by atoms with Crippen LogP contribution in [-0.2, 0) is 6.54 Å². The van der Waals surface area contributed by atoms with E-state index in [1.807, 2.05) is 36.4 Å². The van der Waals surface area contributed by atoms with E-state index >= 15 is 0 Å². The summed E-state index contributed by atoms with van der Waals surface area (Å²) in [6.07, 6.45) is 1.44. The zero-order valence-electron chi connectivity index (χ0n) is 10.2. The molecule has 5 nitrogen and oxygen atoms in total. The summed E-state index contributed by atoms with van der Waals surface area (Å²) in [5.74, 6) is 0.391. The van der Waals surface area contributed by atoms with E-state index in [1.165, 1.54) is 6.33 Å². The summed E-state index contributed by atoms with van der Waals surface area (Å²) in [6, 6.07) is 11.8. The Labute approximate surface area is 110 Å². The lowest BCUT2D eigenvalue weighted by molar-refractivity contribution is 1.07. The van der Waals surface area contributed by atoms with Crippen molar-refractivity contribution in [1.29, 1.82) is 0 Å². The van der Waals surface area contributed by atoms with Gasteiger partial charge in [0, 0.05) is 12.1 Å². The van der Waals surface area contributed by atoms with Crippen molar-refractivity contribution in [3.05, 3.63) is 48.3 Å². The summed E-state index contributed by atoms with van der Waals surface area (Å²) in [5, 5.41) is 0. The Morgan fingerprint density at radius 3 is 2.79 bits per heavy atom. The van der Waals surface area contributed by atoms with Crippen LogP contribution in [0.2, 0.25) is 0 Å². The van der Waals surface area contributed by atoms with Crippen molar-refractivity contribution in [2.24, 2.45) is 5.73 Å². The van der Waals surface area contributed by atoms with E-state index in [0.717, 1.165) is 22.3 Å². The van der Waals surface area contributed by atoms with Gasteiger partial charge in [-0.3, -0.25) is 0 Å². The first-order chi connectivity index (χ1) is 9.28. The van der Waals surface area contributed by atoms with Gasteiger partial charge >= 0.3 is 0 Å². The number of nitrogen functional groups attached to an aromatic ring is 1. The van der Waals surface area contributed by atoms with Gasteiger partial charge in [-0.2, -0.15) is 0 Å². The molecule has 2 aromatic heterocycles.